The molecule has 0 aromatic heterocycles. The van der Waals surface area contributed by atoms with E-state index in [0.29, 0.717) is 0 Å². The molecule has 0 heterocycles. The van der Waals surface area contributed by atoms with Crippen molar-refractivity contribution in [2.75, 3.05) is 36.9 Å². The SMILES string of the molecule is CCOC(=O)c1ccc(NC(=O)CN(c2ccc(F)cc2)S(=O)(=O)N(C)C)c(Cl)c1. The largest absolute Gasteiger partial charge is 0.462 e. The van der Waals surface area contributed by atoms with Crippen LogP contribution in [0.2, 0.25) is 5.02 Å². The maximum absolute atomic E-state index is 13.2. The molecule has 2 aromatic carbocycles. The quantitative estimate of drug-likeness (QED) is 0.615. The first-order valence-electron chi connectivity index (χ1n) is 8.78. The van der Waals surface area contributed by atoms with E-state index in [2.05, 4.69) is 5.32 Å². The Morgan fingerprint density at radius 3 is 2.30 bits per heavy atom. The molecule has 30 heavy (non-hydrogen) atoms. The Hall–Kier alpha value is -2.69. The molecule has 0 bridgehead atoms. The Morgan fingerprint density at radius 2 is 1.77 bits per heavy atom. The lowest BCUT2D eigenvalue weighted by Crippen LogP contribution is -2.44. The second-order valence-electron chi connectivity index (χ2n) is 6.24. The molecule has 0 aliphatic heterocycles. The highest BCUT2D eigenvalue weighted by Gasteiger charge is 2.27. The highest BCUT2D eigenvalue weighted by Crippen LogP contribution is 2.24. The van der Waals surface area contributed by atoms with Crippen LogP contribution >= 0.6 is 11.6 Å². The number of ether oxygens (including phenoxy) is 1. The van der Waals surface area contributed by atoms with Crippen LogP contribution in [0.25, 0.3) is 0 Å². The third-order valence-electron chi connectivity index (χ3n) is 3.90. The molecule has 0 radical (unpaired) electrons. The van der Waals surface area contributed by atoms with Gasteiger partial charge in [-0.2, -0.15) is 12.7 Å². The first kappa shape index (κ1) is 23.6. The fourth-order valence-electron chi connectivity index (χ4n) is 2.39. The molecule has 1 N–H and O–H groups in total. The summed E-state index contributed by atoms with van der Waals surface area (Å²) in [6, 6.07) is 8.87. The molecule has 11 heteroatoms. The normalized spacial score (nSPS) is 11.3. The summed E-state index contributed by atoms with van der Waals surface area (Å²) >= 11 is 6.12. The van der Waals surface area contributed by atoms with Gasteiger partial charge in [-0.05, 0) is 49.4 Å². The zero-order valence-electron chi connectivity index (χ0n) is 16.6. The van der Waals surface area contributed by atoms with Crippen molar-refractivity contribution in [3.05, 3.63) is 58.9 Å². The Bertz CT molecular complexity index is 1030. The van der Waals surface area contributed by atoms with Crippen molar-refractivity contribution < 1.29 is 27.1 Å². The van der Waals surface area contributed by atoms with Crippen molar-refractivity contribution in [1.82, 2.24) is 4.31 Å². The molecule has 8 nitrogen and oxygen atoms in total. The first-order chi connectivity index (χ1) is 14.1. The maximum atomic E-state index is 13.2. The zero-order chi connectivity index (χ0) is 22.5. The molecule has 0 aliphatic rings. The molecule has 0 unspecified atom stereocenters. The van der Waals surface area contributed by atoms with E-state index >= 15 is 0 Å². The highest BCUT2D eigenvalue weighted by atomic mass is 35.5. The number of benzene rings is 2. The Labute approximate surface area is 179 Å². The van der Waals surface area contributed by atoms with Gasteiger partial charge in [-0.3, -0.25) is 4.79 Å². The van der Waals surface area contributed by atoms with Gasteiger partial charge in [0.05, 0.1) is 28.6 Å². The summed E-state index contributed by atoms with van der Waals surface area (Å²) in [6.07, 6.45) is 0. The number of anilines is 2. The minimum Gasteiger partial charge on any atom is -0.462 e. The van der Waals surface area contributed by atoms with E-state index in [1.165, 1.54) is 44.4 Å². The molecule has 2 rings (SSSR count). The minimum atomic E-state index is -4.04. The maximum Gasteiger partial charge on any atom is 0.338 e. The number of hydrogen-bond acceptors (Lipinski definition) is 5. The number of carbonyl (C=O) groups excluding carboxylic acids is 2. The minimum absolute atomic E-state index is 0.0812. The summed E-state index contributed by atoms with van der Waals surface area (Å²) < 4.78 is 45.2. The van der Waals surface area contributed by atoms with Crippen LogP contribution in [0, 0.1) is 5.82 Å². The van der Waals surface area contributed by atoms with Crippen LogP contribution in [0.15, 0.2) is 42.5 Å². The Balaban J connectivity index is 2.24. The van der Waals surface area contributed by atoms with Gasteiger partial charge in [-0.25, -0.2) is 13.5 Å². The highest BCUT2D eigenvalue weighted by molar-refractivity contribution is 7.90. The summed E-state index contributed by atoms with van der Waals surface area (Å²) in [5.74, 6) is -1.79. The molecule has 2 aromatic rings. The van der Waals surface area contributed by atoms with Crippen LogP contribution in [0.3, 0.4) is 0 Å². The standard InChI is InChI=1S/C19H21ClFN3O5S/c1-4-29-19(26)13-5-10-17(16(20)11-13)22-18(25)12-24(30(27,28)23(2)3)15-8-6-14(21)7-9-15/h5-11H,4,12H2,1-3H3,(H,22,25). The van der Waals surface area contributed by atoms with E-state index in [-0.39, 0.29) is 28.6 Å². The van der Waals surface area contributed by atoms with Gasteiger partial charge < -0.3 is 10.1 Å². The van der Waals surface area contributed by atoms with Crippen molar-refractivity contribution in [1.29, 1.82) is 0 Å². The second-order valence-corrected chi connectivity index (χ2v) is 8.71. The van der Waals surface area contributed by atoms with E-state index < -0.39 is 34.4 Å². The number of halogens is 2. The Kier molecular flexibility index (Phi) is 7.77. The average molecular weight is 458 g/mol. The zero-order valence-corrected chi connectivity index (χ0v) is 18.1. The van der Waals surface area contributed by atoms with Crippen LogP contribution in [0.4, 0.5) is 15.8 Å². The van der Waals surface area contributed by atoms with Crippen LogP contribution in [-0.4, -0.2) is 51.8 Å². The second kappa shape index (κ2) is 9.88. The van der Waals surface area contributed by atoms with Gasteiger partial charge in [-0.1, -0.05) is 11.6 Å². The first-order valence-corrected chi connectivity index (χ1v) is 10.6. The fraction of sp³-hybridized carbons (Fsp3) is 0.263. The molecule has 0 fully saturated rings. The van der Waals surface area contributed by atoms with E-state index in [0.717, 1.165) is 20.7 Å². The average Bonchev–Trinajstić information content (AvgIpc) is 2.68. The van der Waals surface area contributed by atoms with E-state index in [1.807, 2.05) is 0 Å². The van der Waals surface area contributed by atoms with E-state index in [9.17, 15) is 22.4 Å². The summed E-state index contributed by atoms with van der Waals surface area (Å²) in [5.41, 5.74) is 0.517. The molecular weight excluding hydrogens is 437 g/mol. The molecule has 162 valence electrons. The molecule has 1 amide bonds. The van der Waals surface area contributed by atoms with Crippen LogP contribution in [0.5, 0.6) is 0 Å². The molecule has 0 atom stereocenters. The smallest absolute Gasteiger partial charge is 0.338 e. The lowest BCUT2D eigenvalue weighted by molar-refractivity contribution is -0.114. The monoisotopic (exact) mass is 457 g/mol. The molecular formula is C19H21ClFN3O5S. The van der Waals surface area contributed by atoms with Gasteiger partial charge >= 0.3 is 16.2 Å². The van der Waals surface area contributed by atoms with Crippen LogP contribution < -0.4 is 9.62 Å². The van der Waals surface area contributed by atoms with Gasteiger partial charge in [0.25, 0.3) is 0 Å². The third-order valence-corrected chi connectivity index (χ3v) is 6.03. The van der Waals surface area contributed by atoms with Gasteiger partial charge in [0.1, 0.15) is 12.4 Å². The number of rotatable bonds is 8. The number of hydrogen-bond donors (Lipinski definition) is 1. The van der Waals surface area contributed by atoms with E-state index in [1.54, 1.807) is 6.92 Å². The summed E-state index contributed by atoms with van der Waals surface area (Å²) in [7, 11) is -1.41. The van der Waals surface area contributed by atoms with Crippen molar-refractivity contribution in [2.24, 2.45) is 0 Å². The van der Waals surface area contributed by atoms with E-state index in [4.69, 9.17) is 16.3 Å². The number of carbonyl (C=O) groups is 2. The molecule has 0 saturated carbocycles. The lowest BCUT2D eigenvalue weighted by atomic mass is 10.2. The van der Waals surface area contributed by atoms with Crippen molar-refractivity contribution in [3.63, 3.8) is 0 Å². The molecule has 0 spiro atoms. The number of nitrogens with zero attached hydrogens (tertiary/aromatic N) is 2. The Morgan fingerprint density at radius 1 is 1.13 bits per heavy atom. The predicted octanol–water partition coefficient (Wildman–Crippen LogP) is 2.91. The predicted molar refractivity (Wildman–Crippen MR) is 112 cm³/mol. The van der Waals surface area contributed by atoms with Crippen molar-refractivity contribution in [2.45, 2.75) is 6.92 Å². The van der Waals surface area contributed by atoms with Gasteiger partial charge in [0.2, 0.25) is 5.91 Å². The summed E-state index contributed by atoms with van der Waals surface area (Å²) in [6.45, 7) is 1.29. The van der Waals surface area contributed by atoms with Gasteiger partial charge in [0.15, 0.2) is 0 Å². The third kappa shape index (κ3) is 5.68. The number of nitrogens with one attached hydrogen (secondary N) is 1. The summed E-state index contributed by atoms with van der Waals surface area (Å²) in [4.78, 5) is 24.3. The van der Waals surface area contributed by atoms with Crippen molar-refractivity contribution >= 4 is 45.1 Å². The molecule has 0 aliphatic carbocycles. The van der Waals surface area contributed by atoms with Gasteiger partial charge in [-0.15, -0.1) is 0 Å². The molecule has 0 saturated heterocycles. The van der Waals surface area contributed by atoms with Crippen LogP contribution in [0.1, 0.15) is 17.3 Å². The number of amides is 1. The van der Waals surface area contributed by atoms with Gasteiger partial charge in [0, 0.05) is 14.1 Å². The summed E-state index contributed by atoms with van der Waals surface area (Å²) in [5, 5.41) is 2.59. The lowest BCUT2D eigenvalue weighted by Gasteiger charge is -2.27. The van der Waals surface area contributed by atoms with Crippen molar-refractivity contribution in [3.8, 4) is 0 Å². The van der Waals surface area contributed by atoms with Crippen LogP contribution in [-0.2, 0) is 19.7 Å². The number of esters is 1. The fourth-order valence-corrected chi connectivity index (χ4v) is 3.68. The topological polar surface area (TPSA) is 96.0 Å².